The van der Waals surface area contributed by atoms with Gasteiger partial charge in [0, 0.05) is 17.4 Å². The summed E-state index contributed by atoms with van der Waals surface area (Å²) in [5, 5.41) is 2.71. The molecule has 1 aromatic carbocycles. The van der Waals surface area contributed by atoms with Gasteiger partial charge in [-0.25, -0.2) is 0 Å². The third kappa shape index (κ3) is 3.05. The number of carbonyl (C=O) groups is 2. The molecule has 0 unspecified atom stereocenters. The van der Waals surface area contributed by atoms with Gasteiger partial charge in [-0.3, -0.25) is 9.59 Å². The first kappa shape index (κ1) is 12.5. The van der Waals surface area contributed by atoms with E-state index in [0.29, 0.717) is 17.0 Å². The molecule has 0 aliphatic heterocycles. The van der Waals surface area contributed by atoms with Gasteiger partial charge in [0.25, 0.3) is 0 Å². The van der Waals surface area contributed by atoms with Crippen LogP contribution in [0.2, 0.25) is 0 Å². The predicted molar refractivity (Wildman–Crippen MR) is 71.7 cm³/mol. The van der Waals surface area contributed by atoms with E-state index < -0.39 is 0 Å². The zero-order chi connectivity index (χ0) is 13.0. The molecule has 92 valence electrons. The number of benzene rings is 1. The molecule has 3 nitrogen and oxygen atoms in total. The molecule has 0 aliphatic carbocycles. The second-order valence-corrected chi connectivity index (χ2v) is 5.04. The van der Waals surface area contributed by atoms with Crippen molar-refractivity contribution in [3.8, 4) is 0 Å². The lowest BCUT2D eigenvalue weighted by Gasteiger charge is -1.98. The molecular formula is C14H13NO2S. The Balaban J connectivity index is 2.10. The lowest BCUT2D eigenvalue weighted by Crippen LogP contribution is -2.18. The summed E-state index contributed by atoms with van der Waals surface area (Å²) in [4.78, 5) is 24.6. The van der Waals surface area contributed by atoms with Crippen LogP contribution in [0.25, 0.3) is 0 Å². The maximum Gasteiger partial charge on any atom is 0.217 e. The number of ketones is 1. The first-order valence-corrected chi connectivity index (χ1v) is 6.41. The van der Waals surface area contributed by atoms with Crippen LogP contribution in [0.3, 0.4) is 0 Å². The van der Waals surface area contributed by atoms with Crippen LogP contribution < -0.4 is 5.32 Å². The zero-order valence-corrected chi connectivity index (χ0v) is 10.8. The summed E-state index contributed by atoms with van der Waals surface area (Å²) >= 11 is 1.41. The molecule has 0 aliphatic rings. The third-order valence-corrected chi connectivity index (χ3v) is 3.52. The van der Waals surface area contributed by atoms with E-state index in [9.17, 15) is 9.59 Å². The van der Waals surface area contributed by atoms with E-state index in [1.165, 1.54) is 18.3 Å². The molecule has 1 aromatic heterocycles. The standard InChI is InChI=1S/C14H13NO2S/c1-10(16)15-9-12-7-8-13(18-12)14(17)11-5-3-2-4-6-11/h2-8H,9H2,1H3,(H,15,16). The maximum absolute atomic E-state index is 12.1. The number of amides is 1. The van der Waals surface area contributed by atoms with Crippen molar-refractivity contribution in [1.29, 1.82) is 0 Å². The molecule has 0 saturated carbocycles. The van der Waals surface area contributed by atoms with Crippen molar-refractivity contribution in [1.82, 2.24) is 5.32 Å². The van der Waals surface area contributed by atoms with E-state index in [1.54, 1.807) is 18.2 Å². The Labute approximate surface area is 109 Å². The third-order valence-electron chi connectivity index (χ3n) is 2.43. The minimum absolute atomic E-state index is 0.0228. The number of carbonyl (C=O) groups excluding carboxylic acids is 2. The van der Waals surface area contributed by atoms with Gasteiger partial charge in [0.1, 0.15) is 0 Å². The SMILES string of the molecule is CC(=O)NCc1ccc(C(=O)c2ccccc2)s1. The Morgan fingerprint density at radius 2 is 1.83 bits per heavy atom. The Morgan fingerprint density at radius 1 is 1.11 bits per heavy atom. The van der Waals surface area contributed by atoms with Gasteiger partial charge in [-0.05, 0) is 12.1 Å². The van der Waals surface area contributed by atoms with E-state index >= 15 is 0 Å². The molecule has 0 spiro atoms. The molecule has 0 atom stereocenters. The van der Waals surface area contributed by atoms with Crippen molar-refractivity contribution in [2.45, 2.75) is 13.5 Å². The fourth-order valence-corrected chi connectivity index (χ4v) is 2.45. The largest absolute Gasteiger partial charge is 0.351 e. The van der Waals surface area contributed by atoms with Crippen LogP contribution in [0.5, 0.6) is 0 Å². The molecule has 0 fully saturated rings. The molecule has 0 saturated heterocycles. The highest BCUT2D eigenvalue weighted by atomic mass is 32.1. The van der Waals surface area contributed by atoms with Crippen LogP contribution >= 0.6 is 11.3 Å². The Hall–Kier alpha value is -1.94. The van der Waals surface area contributed by atoms with Crippen molar-refractivity contribution >= 4 is 23.0 Å². The lowest BCUT2D eigenvalue weighted by molar-refractivity contribution is -0.119. The molecule has 2 rings (SSSR count). The first-order valence-electron chi connectivity index (χ1n) is 5.59. The summed E-state index contributed by atoms with van der Waals surface area (Å²) in [5.74, 6) is -0.0472. The van der Waals surface area contributed by atoms with Gasteiger partial charge >= 0.3 is 0 Å². The van der Waals surface area contributed by atoms with Crippen LogP contribution in [0.1, 0.15) is 27.0 Å². The van der Waals surface area contributed by atoms with Crippen LogP contribution in [0, 0.1) is 0 Å². The van der Waals surface area contributed by atoms with Gasteiger partial charge < -0.3 is 5.32 Å². The van der Waals surface area contributed by atoms with E-state index in [0.717, 1.165) is 4.88 Å². The van der Waals surface area contributed by atoms with E-state index in [-0.39, 0.29) is 11.7 Å². The summed E-state index contributed by atoms with van der Waals surface area (Å²) in [6, 6.07) is 12.9. The van der Waals surface area contributed by atoms with Gasteiger partial charge in [0.15, 0.2) is 0 Å². The summed E-state index contributed by atoms with van der Waals surface area (Å²) < 4.78 is 0. The van der Waals surface area contributed by atoms with Crippen molar-refractivity contribution < 1.29 is 9.59 Å². The predicted octanol–water partition coefficient (Wildman–Crippen LogP) is 2.62. The number of thiophene rings is 1. The second kappa shape index (κ2) is 5.60. The van der Waals surface area contributed by atoms with Gasteiger partial charge in [0.2, 0.25) is 11.7 Å². The number of hydrogen-bond donors (Lipinski definition) is 1. The quantitative estimate of drug-likeness (QED) is 0.858. The lowest BCUT2D eigenvalue weighted by atomic mass is 10.1. The topological polar surface area (TPSA) is 46.2 Å². The van der Waals surface area contributed by atoms with E-state index in [4.69, 9.17) is 0 Å². The van der Waals surface area contributed by atoms with E-state index in [1.807, 2.05) is 24.3 Å². The average Bonchev–Trinajstić information content (AvgIpc) is 2.85. The molecule has 1 N–H and O–H groups in total. The highest BCUT2D eigenvalue weighted by Crippen LogP contribution is 2.19. The highest BCUT2D eigenvalue weighted by molar-refractivity contribution is 7.14. The van der Waals surface area contributed by atoms with Gasteiger partial charge in [-0.2, -0.15) is 0 Å². The maximum atomic E-state index is 12.1. The summed E-state index contributed by atoms with van der Waals surface area (Å²) in [6.45, 7) is 1.95. The van der Waals surface area contributed by atoms with Gasteiger partial charge in [0.05, 0.1) is 11.4 Å². The molecule has 0 radical (unpaired) electrons. The minimum Gasteiger partial charge on any atom is -0.351 e. The van der Waals surface area contributed by atoms with Crippen molar-refractivity contribution in [3.63, 3.8) is 0 Å². The van der Waals surface area contributed by atoms with Crippen LogP contribution in [0.4, 0.5) is 0 Å². The van der Waals surface area contributed by atoms with Gasteiger partial charge in [-0.1, -0.05) is 30.3 Å². The van der Waals surface area contributed by atoms with Gasteiger partial charge in [-0.15, -0.1) is 11.3 Å². The first-order chi connectivity index (χ1) is 8.66. The number of rotatable bonds is 4. The van der Waals surface area contributed by atoms with Crippen molar-refractivity contribution in [3.05, 3.63) is 57.8 Å². The Bertz CT molecular complexity index is 560. The molecule has 0 bridgehead atoms. The summed E-state index contributed by atoms with van der Waals surface area (Å²) in [7, 11) is 0. The smallest absolute Gasteiger partial charge is 0.217 e. The molecule has 2 aromatic rings. The van der Waals surface area contributed by atoms with Crippen LogP contribution in [-0.4, -0.2) is 11.7 Å². The molecule has 4 heteroatoms. The van der Waals surface area contributed by atoms with Crippen LogP contribution in [-0.2, 0) is 11.3 Å². The second-order valence-electron chi connectivity index (χ2n) is 3.87. The molecular weight excluding hydrogens is 246 g/mol. The molecule has 1 amide bonds. The van der Waals surface area contributed by atoms with Crippen molar-refractivity contribution in [2.75, 3.05) is 0 Å². The zero-order valence-electron chi connectivity index (χ0n) is 9.97. The minimum atomic E-state index is -0.0701. The normalized spacial score (nSPS) is 10.1. The monoisotopic (exact) mass is 259 g/mol. The van der Waals surface area contributed by atoms with Crippen molar-refractivity contribution in [2.24, 2.45) is 0 Å². The Kier molecular flexibility index (Phi) is 3.89. The highest BCUT2D eigenvalue weighted by Gasteiger charge is 2.11. The van der Waals surface area contributed by atoms with E-state index in [2.05, 4.69) is 5.32 Å². The number of hydrogen-bond acceptors (Lipinski definition) is 3. The molecule has 1 heterocycles. The summed E-state index contributed by atoms with van der Waals surface area (Å²) in [5.41, 5.74) is 0.686. The van der Waals surface area contributed by atoms with Crippen LogP contribution in [0.15, 0.2) is 42.5 Å². The number of nitrogens with one attached hydrogen (secondary N) is 1. The average molecular weight is 259 g/mol. The molecule has 18 heavy (non-hydrogen) atoms. The Morgan fingerprint density at radius 3 is 2.50 bits per heavy atom. The fraction of sp³-hybridized carbons (Fsp3) is 0.143. The fourth-order valence-electron chi connectivity index (χ4n) is 1.54. The summed E-state index contributed by atoms with van der Waals surface area (Å²) in [6.07, 6.45) is 0.